The van der Waals surface area contributed by atoms with Crippen LogP contribution in [-0.4, -0.2) is 42.2 Å². The van der Waals surface area contributed by atoms with Gasteiger partial charge in [-0.25, -0.2) is 0 Å². The zero-order chi connectivity index (χ0) is 16.4. The van der Waals surface area contributed by atoms with E-state index in [1.54, 1.807) is 0 Å². The molecule has 1 rings (SSSR count). The molecule has 0 bridgehead atoms. The third-order valence-electron chi connectivity index (χ3n) is 5.28. The van der Waals surface area contributed by atoms with E-state index in [4.69, 9.17) is 9.47 Å². The molecule has 0 saturated carbocycles. The second kappa shape index (κ2) is 10.9. The van der Waals surface area contributed by atoms with Gasteiger partial charge in [0.05, 0.1) is 0 Å². The fraction of sp³-hybridized carbons (Fsp3) is 0.944. The van der Waals surface area contributed by atoms with Gasteiger partial charge in [-0.1, -0.05) is 0 Å². The van der Waals surface area contributed by atoms with E-state index in [-0.39, 0.29) is 16.0 Å². The Kier molecular flexibility index (Phi) is 10.0. The monoisotopic (exact) mass is 420 g/mol. The predicted molar refractivity (Wildman–Crippen MR) is 94.8 cm³/mol. The predicted octanol–water partition coefficient (Wildman–Crippen LogP) is 4.95. The van der Waals surface area contributed by atoms with Crippen LogP contribution in [0.4, 0.5) is 0 Å². The van der Waals surface area contributed by atoms with Gasteiger partial charge in [0.2, 0.25) is 0 Å². The molecule has 0 radical (unpaired) electrons. The van der Waals surface area contributed by atoms with Crippen molar-refractivity contribution >= 4 is 24.3 Å². The van der Waals surface area contributed by atoms with Gasteiger partial charge in [0.1, 0.15) is 0 Å². The summed E-state index contributed by atoms with van der Waals surface area (Å²) in [6.07, 6.45) is 8.60. The molecule has 1 heterocycles. The van der Waals surface area contributed by atoms with Gasteiger partial charge < -0.3 is 0 Å². The summed E-state index contributed by atoms with van der Waals surface area (Å²) in [4.78, 5) is 12.2. The Labute approximate surface area is 141 Å². The van der Waals surface area contributed by atoms with Crippen molar-refractivity contribution in [3.8, 4) is 0 Å². The third-order valence-corrected chi connectivity index (χ3v) is 21.9. The molecule has 130 valence electrons. The Morgan fingerprint density at radius 3 is 1.95 bits per heavy atom. The average molecular weight is 419 g/mol. The Balaban J connectivity index is 2.99. The molecule has 0 amide bonds. The number of carbonyl (C=O) groups is 1. The minimum absolute atomic E-state index is 0.0203. The van der Waals surface area contributed by atoms with E-state index in [1.165, 1.54) is 58.9 Å². The molecule has 22 heavy (non-hydrogen) atoms. The molecule has 0 N–H and O–H groups in total. The van der Waals surface area contributed by atoms with E-state index in [1.807, 2.05) is 0 Å². The normalized spacial score (nSPS) is 22.0. The van der Waals surface area contributed by atoms with Crippen LogP contribution in [0.25, 0.3) is 0 Å². The average Bonchev–Trinajstić information content (AvgIpc) is 3.04. The summed E-state index contributed by atoms with van der Waals surface area (Å²) in [5.41, 5.74) is 0. The van der Waals surface area contributed by atoms with Crippen LogP contribution in [0.1, 0.15) is 65.7 Å². The first-order valence-electron chi connectivity index (χ1n) is 9.34. The maximum atomic E-state index is 12.2. The van der Waals surface area contributed by atoms with E-state index in [0.29, 0.717) is 0 Å². The fourth-order valence-corrected chi connectivity index (χ4v) is 22.3. The number of esters is 1. The van der Waals surface area contributed by atoms with Gasteiger partial charge in [0.15, 0.2) is 0 Å². The molecule has 0 aromatic heterocycles. The van der Waals surface area contributed by atoms with Crippen molar-refractivity contribution in [2.24, 2.45) is 5.92 Å². The third kappa shape index (κ3) is 5.40. The molecule has 1 aliphatic heterocycles. The van der Waals surface area contributed by atoms with Crippen LogP contribution in [0.15, 0.2) is 0 Å². The van der Waals surface area contributed by atoms with E-state index < -0.39 is 18.4 Å². The zero-order valence-corrected chi connectivity index (χ0v) is 18.0. The topological polar surface area (TPSA) is 35.5 Å². The number of unbranched alkanes of at least 4 members (excludes halogenated alkanes) is 3. The number of carbonyl (C=O) groups excluding carboxylic acids is 1. The first-order chi connectivity index (χ1) is 10.6. The van der Waals surface area contributed by atoms with Crippen LogP contribution in [0, 0.1) is 5.92 Å². The quantitative estimate of drug-likeness (QED) is 0.351. The van der Waals surface area contributed by atoms with Crippen molar-refractivity contribution in [1.29, 1.82) is 0 Å². The molecule has 1 fully saturated rings. The van der Waals surface area contributed by atoms with Crippen LogP contribution in [-0.2, 0) is 14.3 Å². The summed E-state index contributed by atoms with van der Waals surface area (Å²) in [6.45, 7) is 7.60. The van der Waals surface area contributed by atoms with Crippen molar-refractivity contribution in [2.45, 2.75) is 83.1 Å². The van der Waals surface area contributed by atoms with Crippen molar-refractivity contribution in [3.63, 3.8) is 0 Å². The van der Waals surface area contributed by atoms with Gasteiger partial charge in [-0.15, -0.1) is 0 Å². The fourth-order valence-electron chi connectivity index (χ4n) is 3.97. The van der Waals surface area contributed by atoms with E-state index in [9.17, 15) is 4.79 Å². The van der Waals surface area contributed by atoms with Crippen LogP contribution in [0.3, 0.4) is 0 Å². The Morgan fingerprint density at radius 2 is 1.55 bits per heavy atom. The maximum absolute atomic E-state index is 12.2. The molecule has 0 spiro atoms. The molecule has 3 nitrogen and oxygen atoms in total. The summed E-state index contributed by atoms with van der Waals surface area (Å²) in [6, 6.07) is 0. The van der Waals surface area contributed by atoms with Crippen LogP contribution >= 0.6 is 0 Å². The second-order valence-corrected chi connectivity index (χ2v) is 20.6. The SMILES string of the molecule is CCC[CH2][Sn]([CH2]CCC)([CH2]CCC)[C@H]1OCC[C@@H]1C(=O)OC. The van der Waals surface area contributed by atoms with Crippen molar-refractivity contribution in [2.75, 3.05) is 13.7 Å². The van der Waals surface area contributed by atoms with Crippen molar-refractivity contribution in [3.05, 3.63) is 0 Å². The van der Waals surface area contributed by atoms with E-state index >= 15 is 0 Å². The van der Waals surface area contributed by atoms with Gasteiger partial charge >= 0.3 is 141 Å². The summed E-state index contributed by atoms with van der Waals surface area (Å²) in [5, 5.41) is 0. The van der Waals surface area contributed by atoms with E-state index in [2.05, 4.69) is 20.8 Å². The molecule has 0 aliphatic carbocycles. The van der Waals surface area contributed by atoms with Gasteiger partial charge in [0, 0.05) is 0 Å². The van der Waals surface area contributed by atoms with E-state index in [0.717, 1.165) is 13.0 Å². The van der Waals surface area contributed by atoms with Crippen LogP contribution in [0.5, 0.6) is 0 Å². The number of hydrogen-bond donors (Lipinski definition) is 0. The van der Waals surface area contributed by atoms with Gasteiger partial charge in [-0.2, -0.15) is 0 Å². The molecule has 1 aliphatic rings. The molecular weight excluding hydrogens is 383 g/mol. The second-order valence-electron chi connectivity index (χ2n) is 6.88. The molecular formula is C18H36O3Sn. The summed E-state index contributed by atoms with van der Waals surface area (Å²) < 4.78 is 15.8. The summed E-state index contributed by atoms with van der Waals surface area (Å²) >= 11 is -2.49. The first-order valence-corrected chi connectivity index (χ1v) is 17.0. The molecule has 0 aromatic carbocycles. The molecule has 2 atom stereocenters. The standard InChI is InChI=1S/C6H9O3.3C4H9.Sn/c1-8-6(7)5-2-3-9-4-5;3*1-3-4-2;/h4-5H,2-3H2,1H3;3*1,3-4H2,2H3;/t5-;;;;/m0..../s1. The van der Waals surface area contributed by atoms with Crippen LogP contribution in [0.2, 0.25) is 13.3 Å². The summed E-state index contributed by atoms with van der Waals surface area (Å²) in [5.74, 6) is 0.0134. The first kappa shape index (κ1) is 20.3. The summed E-state index contributed by atoms with van der Waals surface area (Å²) in [7, 11) is 1.53. The molecule has 4 heteroatoms. The Bertz CT molecular complexity index is 298. The van der Waals surface area contributed by atoms with Crippen molar-refractivity contribution < 1.29 is 14.3 Å². The van der Waals surface area contributed by atoms with Crippen molar-refractivity contribution in [1.82, 2.24) is 0 Å². The number of hydrogen-bond acceptors (Lipinski definition) is 3. The molecule has 0 unspecified atom stereocenters. The zero-order valence-electron chi connectivity index (χ0n) is 15.2. The number of rotatable bonds is 11. The number of methoxy groups -OCH3 is 1. The van der Waals surface area contributed by atoms with Gasteiger partial charge in [-0.3, -0.25) is 0 Å². The van der Waals surface area contributed by atoms with Gasteiger partial charge in [0.25, 0.3) is 0 Å². The Morgan fingerprint density at radius 1 is 1.05 bits per heavy atom. The molecule has 1 saturated heterocycles. The van der Waals surface area contributed by atoms with Gasteiger partial charge in [-0.05, 0) is 0 Å². The van der Waals surface area contributed by atoms with Crippen LogP contribution < -0.4 is 0 Å². The Hall–Kier alpha value is 0.229. The number of ether oxygens (including phenoxy) is 2. The minimum atomic E-state index is -2.49. The molecule has 0 aromatic rings.